The van der Waals surface area contributed by atoms with Gasteiger partial charge in [0.05, 0.1) is 0 Å². The van der Waals surface area contributed by atoms with Gasteiger partial charge in [0.1, 0.15) is 6.04 Å². The van der Waals surface area contributed by atoms with Gasteiger partial charge < -0.3 is 20.6 Å². The Bertz CT molecular complexity index is 310. The highest BCUT2D eigenvalue weighted by Gasteiger charge is 2.23. The molecule has 0 spiro atoms. The number of carboxylic acid groups (broad SMARTS) is 1. The zero-order valence-corrected chi connectivity index (χ0v) is 11.8. The van der Waals surface area contributed by atoms with Crippen LogP contribution in [0.3, 0.4) is 0 Å². The predicted octanol–water partition coefficient (Wildman–Crippen LogP) is 1.02. The molecule has 0 aromatic carbocycles. The van der Waals surface area contributed by atoms with Crippen LogP contribution in [0.15, 0.2) is 0 Å². The number of urea groups is 1. The van der Waals surface area contributed by atoms with E-state index in [0.717, 1.165) is 32.2 Å². The van der Waals surface area contributed by atoms with Gasteiger partial charge in [-0.1, -0.05) is 19.8 Å². The summed E-state index contributed by atoms with van der Waals surface area (Å²) in [5.41, 5.74) is 0. The number of carboxylic acids is 1. The van der Waals surface area contributed by atoms with Crippen LogP contribution in [-0.4, -0.2) is 54.2 Å². The molecule has 1 rings (SSSR count). The third-order valence-electron chi connectivity index (χ3n) is 3.62. The van der Waals surface area contributed by atoms with E-state index in [1.807, 2.05) is 14.0 Å². The summed E-state index contributed by atoms with van der Waals surface area (Å²) in [6.07, 6.45) is 4.42. The fourth-order valence-corrected chi connectivity index (χ4v) is 2.32. The number of hydrogen-bond acceptors (Lipinski definition) is 3. The van der Waals surface area contributed by atoms with Crippen molar-refractivity contribution >= 4 is 12.0 Å². The van der Waals surface area contributed by atoms with Crippen molar-refractivity contribution in [3.63, 3.8) is 0 Å². The van der Waals surface area contributed by atoms with Crippen molar-refractivity contribution in [2.75, 3.05) is 20.1 Å². The fourth-order valence-electron chi connectivity index (χ4n) is 2.32. The zero-order chi connectivity index (χ0) is 14.3. The Hall–Kier alpha value is -1.30. The Kier molecular flexibility index (Phi) is 6.62. The Morgan fingerprint density at radius 1 is 1.47 bits per heavy atom. The molecular formula is C13H25N3O3. The molecule has 110 valence electrons. The molecule has 19 heavy (non-hydrogen) atoms. The minimum atomic E-state index is -0.971. The van der Waals surface area contributed by atoms with Gasteiger partial charge in [0.25, 0.3) is 0 Å². The van der Waals surface area contributed by atoms with E-state index in [1.165, 1.54) is 0 Å². The lowest BCUT2D eigenvalue weighted by Crippen LogP contribution is -2.48. The van der Waals surface area contributed by atoms with Crippen molar-refractivity contribution in [2.24, 2.45) is 0 Å². The lowest BCUT2D eigenvalue weighted by Gasteiger charge is -2.21. The van der Waals surface area contributed by atoms with Crippen LogP contribution < -0.4 is 10.6 Å². The number of carbonyl (C=O) groups is 2. The molecule has 3 N–H and O–H groups in total. The molecule has 0 bridgehead atoms. The molecule has 1 aliphatic heterocycles. The first-order chi connectivity index (χ1) is 9.04. The van der Waals surface area contributed by atoms with Gasteiger partial charge in [-0.25, -0.2) is 9.59 Å². The fraction of sp³-hybridized carbons (Fsp3) is 0.846. The van der Waals surface area contributed by atoms with Crippen molar-refractivity contribution in [3.8, 4) is 0 Å². The van der Waals surface area contributed by atoms with Gasteiger partial charge in [-0.15, -0.1) is 0 Å². The number of aliphatic carboxylic acids is 1. The molecule has 0 radical (unpaired) electrons. The highest BCUT2D eigenvalue weighted by Crippen LogP contribution is 2.13. The van der Waals surface area contributed by atoms with Gasteiger partial charge in [-0.3, -0.25) is 0 Å². The van der Waals surface area contributed by atoms with Gasteiger partial charge in [-0.05, 0) is 32.9 Å². The topological polar surface area (TPSA) is 81.7 Å². The maximum Gasteiger partial charge on any atom is 0.326 e. The molecule has 2 amide bonds. The summed E-state index contributed by atoms with van der Waals surface area (Å²) in [6, 6.07) is -0.810. The average Bonchev–Trinajstić information content (AvgIpc) is 2.77. The van der Waals surface area contributed by atoms with Crippen molar-refractivity contribution in [1.29, 1.82) is 0 Å². The van der Waals surface area contributed by atoms with Gasteiger partial charge in [0, 0.05) is 12.6 Å². The van der Waals surface area contributed by atoms with Crippen LogP contribution in [0.4, 0.5) is 4.79 Å². The second kappa shape index (κ2) is 7.99. The molecule has 6 nitrogen and oxygen atoms in total. The van der Waals surface area contributed by atoms with E-state index >= 15 is 0 Å². The molecule has 1 fully saturated rings. The second-order valence-electron chi connectivity index (χ2n) is 5.16. The summed E-state index contributed by atoms with van der Waals surface area (Å²) in [5.74, 6) is -0.971. The zero-order valence-electron chi connectivity index (χ0n) is 11.8. The quantitative estimate of drug-likeness (QED) is 0.646. The molecule has 2 atom stereocenters. The standard InChI is InChI=1S/C13H25N3O3/c1-3-4-7-11(12(17)18)15-13(19)14-9-10-6-5-8-16(10)2/h10-11H,3-9H2,1-2H3,(H,17,18)(H2,14,15,19). The number of nitrogens with one attached hydrogen (secondary N) is 2. The van der Waals surface area contributed by atoms with E-state index in [-0.39, 0.29) is 6.03 Å². The minimum Gasteiger partial charge on any atom is -0.480 e. The summed E-state index contributed by atoms with van der Waals surface area (Å²) < 4.78 is 0. The lowest BCUT2D eigenvalue weighted by molar-refractivity contribution is -0.139. The molecule has 0 aliphatic carbocycles. The van der Waals surface area contributed by atoms with Crippen LogP contribution >= 0.6 is 0 Å². The number of amides is 2. The molecule has 2 unspecified atom stereocenters. The summed E-state index contributed by atoms with van der Waals surface area (Å²) in [5, 5.41) is 14.3. The minimum absolute atomic E-state index is 0.365. The lowest BCUT2D eigenvalue weighted by atomic mass is 10.1. The van der Waals surface area contributed by atoms with Crippen LogP contribution in [0.2, 0.25) is 0 Å². The smallest absolute Gasteiger partial charge is 0.326 e. The molecule has 1 saturated heterocycles. The highest BCUT2D eigenvalue weighted by atomic mass is 16.4. The number of rotatable bonds is 7. The van der Waals surface area contributed by atoms with E-state index < -0.39 is 12.0 Å². The van der Waals surface area contributed by atoms with Crippen LogP contribution in [0.5, 0.6) is 0 Å². The van der Waals surface area contributed by atoms with Crippen molar-refractivity contribution < 1.29 is 14.7 Å². The SMILES string of the molecule is CCCCC(NC(=O)NCC1CCCN1C)C(=O)O. The molecule has 0 aromatic rings. The first-order valence-electron chi connectivity index (χ1n) is 7.02. The van der Waals surface area contributed by atoms with E-state index in [0.29, 0.717) is 19.0 Å². The summed E-state index contributed by atoms with van der Waals surface area (Å²) in [7, 11) is 2.04. The van der Waals surface area contributed by atoms with Crippen LogP contribution in [-0.2, 0) is 4.79 Å². The average molecular weight is 271 g/mol. The Morgan fingerprint density at radius 3 is 2.74 bits per heavy atom. The number of likely N-dealkylation sites (N-methyl/N-ethyl adjacent to an activating group) is 1. The van der Waals surface area contributed by atoms with Crippen molar-refractivity contribution in [3.05, 3.63) is 0 Å². The monoisotopic (exact) mass is 271 g/mol. The third kappa shape index (κ3) is 5.46. The first-order valence-corrected chi connectivity index (χ1v) is 7.02. The summed E-state index contributed by atoms with van der Waals surface area (Å²) >= 11 is 0. The Morgan fingerprint density at radius 2 is 2.21 bits per heavy atom. The van der Waals surface area contributed by atoms with E-state index in [2.05, 4.69) is 15.5 Å². The van der Waals surface area contributed by atoms with E-state index in [9.17, 15) is 9.59 Å². The van der Waals surface area contributed by atoms with Gasteiger partial charge in [-0.2, -0.15) is 0 Å². The third-order valence-corrected chi connectivity index (χ3v) is 3.62. The first kappa shape index (κ1) is 15.8. The molecule has 1 aliphatic rings. The number of nitrogens with zero attached hydrogens (tertiary/aromatic N) is 1. The highest BCUT2D eigenvalue weighted by molar-refractivity contribution is 5.82. The number of hydrogen-bond donors (Lipinski definition) is 3. The van der Waals surface area contributed by atoms with Crippen LogP contribution in [0.25, 0.3) is 0 Å². The normalized spacial score (nSPS) is 21.1. The number of likely N-dealkylation sites (tertiary alicyclic amines) is 1. The molecule has 0 saturated carbocycles. The number of unbranched alkanes of at least 4 members (excludes halogenated alkanes) is 1. The summed E-state index contributed by atoms with van der Waals surface area (Å²) in [6.45, 7) is 3.62. The van der Waals surface area contributed by atoms with Crippen LogP contribution in [0, 0.1) is 0 Å². The molecular weight excluding hydrogens is 246 g/mol. The van der Waals surface area contributed by atoms with Crippen molar-refractivity contribution in [2.45, 2.75) is 51.1 Å². The predicted molar refractivity (Wildman–Crippen MR) is 73.1 cm³/mol. The van der Waals surface area contributed by atoms with E-state index in [4.69, 9.17) is 5.11 Å². The maximum atomic E-state index is 11.7. The van der Waals surface area contributed by atoms with Gasteiger partial charge in [0.2, 0.25) is 0 Å². The molecule has 0 aromatic heterocycles. The number of carbonyl (C=O) groups excluding carboxylic acids is 1. The Labute approximate surface area is 114 Å². The van der Waals surface area contributed by atoms with Crippen LogP contribution in [0.1, 0.15) is 39.0 Å². The second-order valence-corrected chi connectivity index (χ2v) is 5.16. The van der Waals surface area contributed by atoms with Gasteiger partial charge in [0.15, 0.2) is 0 Å². The molecule has 1 heterocycles. The molecule has 6 heteroatoms. The Balaban J connectivity index is 2.29. The largest absolute Gasteiger partial charge is 0.480 e. The maximum absolute atomic E-state index is 11.7. The van der Waals surface area contributed by atoms with Crippen molar-refractivity contribution in [1.82, 2.24) is 15.5 Å². The van der Waals surface area contributed by atoms with E-state index in [1.54, 1.807) is 0 Å². The summed E-state index contributed by atoms with van der Waals surface area (Å²) in [4.78, 5) is 24.9. The van der Waals surface area contributed by atoms with Gasteiger partial charge >= 0.3 is 12.0 Å².